The Morgan fingerprint density at radius 2 is 1.89 bits per heavy atom. The van der Waals surface area contributed by atoms with Crippen molar-refractivity contribution in [1.29, 1.82) is 0 Å². The highest BCUT2D eigenvalue weighted by atomic mass is 35.5. The molecule has 2 nitrogen and oxygen atoms in total. The van der Waals surface area contributed by atoms with Crippen LogP contribution in [0.25, 0.3) is 0 Å². The number of rotatable bonds is 5. The normalized spacial score (nSPS) is 14.2. The maximum absolute atomic E-state index is 13.4. The Labute approximate surface area is 115 Å². The Bertz CT molecular complexity index is 371. The first-order valence-corrected chi connectivity index (χ1v) is 6.12. The highest BCUT2D eigenvalue weighted by Gasteiger charge is 2.19. The molecule has 0 aliphatic rings. The first kappa shape index (κ1) is 17.4. The lowest BCUT2D eigenvalue weighted by Crippen LogP contribution is -2.27. The Morgan fingerprint density at radius 1 is 1.28 bits per heavy atom. The van der Waals surface area contributed by atoms with Crippen LogP contribution in [0.2, 0.25) is 0 Å². The van der Waals surface area contributed by atoms with Gasteiger partial charge in [-0.1, -0.05) is 26.0 Å². The van der Waals surface area contributed by atoms with Gasteiger partial charge in [0.15, 0.2) is 0 Å². The number of aliphatic hydroxyl groups is 1. The molecule has 0 heterocycles. The van der Waals surface area contributed by atoms with Crippen molar-refractivity contribution in [3.8, 4) is 0 Å². The number of halogens is 2. The molecule has 1 aromatic rings. The van der Waals surface area contributed by atoms with Crippen LogP contribution in [-0.2, 0) is 0 Å². The highest BCUT2D eigenvalue weighted by molar-refractivity contribution is 5.85. The van der Waals surface area contributed by atoms with Crippen LogP contribution in [0.15, 0.2) is 18.2 Å². The zero-order valence-electron chi connectivity index (χ0n) is 11.2. The second-order valence-corrected chi connectivity index (χ2v) is 5.02. The molecule has 18 heavy (non-hydrogen) atoms. The van der Waals surface area contributed by atoms with E-state index in [0.29, 0.717) is 23.5 Å². The average molecular weight is 276 g/mol. The van der Waals surface area contributed by atoms with E-state index in [4.69, 9.17) is 5.73 Å². The minimum absolute atomic E-state index is 0. The fourth-order valence-corrected chi connectivity index (χ4v) is 1.88. The van der Waals surface area contributed by atoms with Crippen LogP contribution >= 0.6 is 12.4 Å². The second kappa shape index (κ2) is 7.72. The number of hydrogen-bond donors (Lipinski definition) is 2. The van der Waals surface area contributed by atoms with Crippen molar-refractivity contribution < 1.29 is 9.50 Å². The molecular weight excluding hydrogens is 253 g/mol. The molecule has 0 saturated carbocycles. The van der Waals surface area contributed by atoms with Crippen molar-refractivity contribution in [3.05, 3.63) is 35.1 Å². The van der Waals surface area contributed by atoms with Gasteiger partial charge in [0, 0.05) is 0 Å². The van der Waals surface area contributed by atoms with Crippen molar-refractivity contribution in [1.82, 2.24) is 0 Å². The van der Waals surface area contributed by atoms with Gasteiger partial charge in [0.05, 0.1) is 12.1 Å². The quantitative estimate of drug-likeness (QED) is 0.866. The van der Waals surface area contributed by atoms with E-state index in [9.17, 15) is 9.50 Å². The molecule has 0 aliphatic carbocycles. The third-order valence-corrected chi connectivity index (χ3v) is 3.12. The van der Waals surface area contributed by atoms with Gasteiger partial charge in [0.25, 0.3) is 0 Å². The zero-order chi connectivity index (χ0) is 13.0. The van der Waals surface area contributed by atoms with Crippen molar-refractivity contribution >= 4 is 12.4 Å². The third-order valence-electron chi connectivity index (χ3n) is 3.12. The summed E-state index contributed by atoms with van der Waals surface area (Å²) in [4.78, 5) is 0. The SMILES string of the molecule is Cc1c(F)cccc1[C@H](N)[C@H](O)CCC(C)C.Cl. The van der Waals surface area contributed by atoms with Crippen LogP contribution in [0.4, 0.5) is 4.39 Å². The van der Waals surface area contributed by atoms with Gasteiger partial charge in [0.1, 0.15) is 5.82 Å². The molecule has 0 amide bonds. The van der Waals surface area contributed by atoms with Gasteiger partial charge in [0.2, 0.25) is 0 Å². The van der Waals surface area contributed by atoms with Crippen molar-refractivity contribution in [2.24, 2.45) is 11.7 Å². The summed E-state index contributed by atoms with van der Waals surface area (Å²) in [7, 11) is 0. The minimum atomic E-state index is -0.613. The lowest BCUT2D eigenvalue weighted by molar-refractivity contribution is 0.128. The van der Waals surface area contributed by atoms with Gasteiger partial charge in [-0.2, -0.15) is 0 Å². The lowest BCUT2D eigenvalue weighted by Gasteiger charge is -2.21. The van der Waals surface area contributed by atoms with Gasteiger partial charge in [-0.05, 0) is 42.9 Å². The summed E-state index contributed by atoms with van der Waals surface area (Å²) in [6, 6.07) is 4.31. The van der Waals surface area contributed by atoms with Gasteiger partial charge < -0.3 is 10.8 Å². The molecule has 3 N–H and O–H groups in total. The average Bonchev–Trinajstić information content (AvgIpc) is 2.28. The standard InChI is InChI=1S/C14H22FNO.ClH/c1-9(2)7-8-13(17)14(16)11-5-4-6-12(15)10(11)3;/h4-6,9,13-14,17H,7-8,16H2,1-3H3;1H/t13-,14+;/m1./s1. The van der Waals surface area contributed by atoms with Gasteiger partial charge >= 0.3 is 0 Å². The van der Waals surface area contributed by atoms with E-state index in [0.717, 1.165) is 6.42 Å². The zero-order valence-corrected chi connectivity index (χ0v) is 12.0. The molecule has 0 radical (unpaired) electrons. The largest absolute Gasteiger partial charge is 0.391 e. The van der Waals surface area contributed by atoms with Crippen molar-refractivity contribution in [2.45, 2.75) is 45.8 Å². The number of aliphatic hydroxyl groups excluding tert-OH is 1. The number of nitrogens with two attached hydrogens (primary N) is 1. The Kier molecular flexibility index (Phi) is 7.45. The molecule has 0 aromatic heterocycles. The van der Waals surface area contributed by atoms with E-state index >= 15 is 0 Å². The molecule has 0 aliphatic heterocycles. The molecule has 1 rings (SSSR count). The van der Waals surface area contributed by atoms with Gasteiger partial charge in [-0.3, -0.25) is 0 Å². The summed E-state index contributed by atoms with van der Waals surface area (Å²) in [5.74, 6) is 0.263. The predicted molar refractivity (Wildman–Crippen MR) is 75.4 cm³/mol. The van der Waals surface area contributed by atoms with E-state index in [1.807, 2.05) is 0 Å². The van der Waals surface area contributed by atoms with Crippen LogP contribution < -0.4 is 5.73 Å². The molecular formula is C14H23ClFNO. The molecule has 0 fully saturated rings. The molecule has 0 saturated heterocycles. The molecule has 0 unspecified atom stereocenters. The minimum Gasteiger partial charge on any atom is -0.391 e. The summed E-state index contributed by atoms with van der Waals surface area (Å²) in [5.41, 5.74) is 7.20. The summed E-state index contributed by atoms with van der Waals surface area (Å²) >= 11 is 0. The Hall–Kier alpha value is -0.640. The first-order chi connectivity index (χ1) is 7.93. The van der Waals surface area contributed by atoms with Crippen LogP contribution in [-0.4, -0.2) is 11.2 Å². The van der Waals surface area contributed by atoms with Crippen molar-refractivity contribution in [2.75, 3.05) is 0 Å². The maximum atomic E-state index is 13.4. The first-order valence-electron chi connectivity index (χ1n) is 6.12. The van der Waals surface area contributed by atoms with E-state index in [1.165, 1.54) is 6.07 Å². The maximum Gasteiger partial charge on any atom is 0.126 e. The fourth-order valence-electron chi connectivity index (χ4n) is 1.88. The summed E-state index contributed by atoms with van der Waals surface area (Å²) in [6.45, 7) is 5.90. The van der Waals surface area contributed by atoms with Crippen LogP contribution in [0.1, 0.15) is 43.9 Å². The molecule has 0 spiro atoms. The summed E-state index contributed by atoms with van der Waals surface area (Å²) < 4.78 is 13.4. The Morgan fingerprint density at radius 3 is 2.44 bits per heavy atom. The number of benzene rings is 1. The van der Waals surface area contributed by atoms with Crippen LogP contribution in [0.5, 0.6) is 0 Å². The van der Waals surface area contributed by atoms with E-state index in [1.54, 1.807) is 19.1 Å². The van der Waals surface area contributed by atoms with Gasteiger partial charge in [-0.25, -0.2) is 4.39 Å². The smallest absolute Gasteiger partial charge is 0.126 e. The molecule has 4 heteroatoms. The van der Waals surface area contributed by atoms with Crippen molar-refractivity contribution in [3.63, 3.8) is 0 Å². The lowest BCUT2D eigenvalue weighted by atomic mass is 9.93. The topological polar surface area (TPSA) is 46.2 Å². The summed E-state index contributed by atoms with van der Waals surface area (Å²) in [6.07, 6.45) is 0.954. The molecule has 0 bridgehead atoms. The molecule has 1 aromatic carbocycles. The monoisotopic (exact) mass is 275 g/mol. The fraction of sp³-hybridized carbons (Fsp3) is 0.571. The molecule has 104 valence electrons. The van der Waals surface area contributed by atoms with Crippen LogP contribution in [0.3, 0.4) is 0 Å². The Balaban J connectivity index is 0.00000289. The highest BCUT2D eigenvalue weighted by Crippen LogP contribution is 2.23. The van der Waals surface area contributed by atoms with E-state index in [2.05, 4.69) is 13.8 Å². The van der Waals surface area contributed by atoms with Crippen LogP contribution in [0, 0.1) is 18.7 Å². The number of hydrogen-bond acceptors (Lipinski definition) is 2. The second-order valence-electron chi connectivity index (χ2n) is 5.02. The predicted octanol–water partition coefficient (Wildman–Crippen LogP) is 3.35. The third kappa shape index (κ3) is 4.56. The van der Waals surface area contributed by atoms with Gasteiger partial charge in [-0.15, -0.1) is 12.4 Å². The van der Waals surface area contributed by atoms with E-state index in [-0.39, 0.29) is 18.2 Å². The molecule has 2 atom stereocenters. The summed E-state index contributed by atoms with van der Waals surface area (Å²) in [5, 5.41) is 9.99. The van der Waals surface area contributed by atoms with E-state index < -0.39 is 12.1 Å².